The maximum Gasteiger partial charge on any atom is 0.309 e. The summed E-state index contributed by atoms with van der Waals surface area (Å²) in [5.74, 6) is 0.944. The second kappa shape index (κ2) is 13.5. The normalized spacial score (nSPS) is 40.3. The fourth-order valence-corrected chi connectivity index (χ4v) is 13.9. The Morgan fingerprint density at radius 2 is 1.57 bits per heavy atom. The van der Waals surface area contributed by atoms with E-state index in [4.69, 9.17) is 4.74 Å². The van der Waals surface area contributed by atoms with Crippen molar-refractivity contribution in [3.63, 3.8) is 0 Å². The van der Waals surface area contributed by atoms with Crippen molar-refractivity contribution >= 4 is 17.7 Å². The van der Waals surface area contributed by atoms with Gasteiger partial charge in [-0.25, -0.2) is 0 Å². The standard InChI is InChI=1S/C44H71NO6/c1-27(2)36-30(46)23-44(33(47)26-45-25-28-13-11-10-12-14-28)22-21-42(8)29(37(36)44)15-16-32-41(7)19-18-34(51-35(48)24-39(3,4)38(49)50)40(5,6)31(41)17-20-43(32,42)9/h27-29,31-34,45,47H,10-26H2,1-9H3,(H,49,50). The number of fused-ring (bicyclic) bond motifs is 7. The van der Waals surface area contributed by atoms with Crippen molar-refractivity contribution < 1.29 is 29.3 Å². The average Bonchev–Trinajstić information content (AvgIpc) is 3.36. The first-order valence-electron chi connectivity index (χ1n) is 20.8. The van der Waals surface area contributed by atoms with Crippen LogP contribution in [-0.4, -0.2) is 53.2 Å². The van der Waals surface area contributed by atoms with Gasteiger partial charge in [-0.15, -0.1) is 0 Å². The molecule has 7 nitrogen and oxygen atoms in total. The predicted octanol–water partition coefficient (Wildman–Crippen LogP) is 8.91. The number of aliphatic hydroxyl groups is 1. The van der Waals surface area contributed by atoms with Gasteiger partial charge in [-0.2, -0.15) is 0 Å². The molecule has 0 spiro atoms. The van der Waals surface area contributed by atoms with Crippen molar-refractivity contribution in [2.24, 2.45) is 62.1 Å². The van der Waals surface area contributed by atoms with E-state index in [-0.39, 0.29) is 45.9 Å². The van der Waals surface area contributed by atoms with Gasteiger partial charge in [0.2, 0.25) is 0 Å². The van der Waals surface area contributed by atoms with Gasteiger partial charge in [0.15, 0.2) is 5.78 Å². The highest BCUT2D eigenvalue weighted by molar-refractivity contribution is 6.00. The molecule has 9 unspecified atom stereocenters. The highest BCUT2D eigenvalue weighted by Gasteiger charge is 2.70. The number of ketones is 1. The molecule has 0 amide bonds. The summed E-state index contributed by atoms with van der Waals surface area (Å²) in [6.45, 7) is 21.3. The molecule has 0 heterocycles. The monoisotopic (exact) mass is 710 g/mol. The van der Waals surface area contributed by atoms with Crippen LogP contribution in [0.25, 0.3) is 0 Å². The van der Waals surface area contributed by atoms with E-state index >= 15 is 0 Å². The van der Waals surface area contributed by atoms with Crippen molar-refractivity contribution in [3.8, 4) is 0 Å². The Kier molecular flexibility index (Phi) is 10.3. The van der Waals surface area contributed by atoms with Gasteiger partial charge in [0.05, 0.1) is 17.9 Å². The van der Waals surface area contributed by atoms with E-state index in [0.717, 1.165) is 63.5 Å². The van der Waals surface area contributed by atoms with E-state index in [1.54, 1.807) is 13.8 Å². The van der Waals surface area contributed by atoms with Crippen molar-refractivity contribution in [3.05, 3.63) is 11.1 Å². The summed E-state index contributed by atoms with van der Waals surface area (Å²) in [6.07, 6.45) is 14.2. The maximum atomic E-state index is 14.0. The molecule has 6 rings (SSSR count). The number of esters is 1. The lowest BCUT2D eigenvalue weighted by molar-refractivity contribution is -0.235. The zero-order valence-corrected chi connectivity index (χ0v) is 33.6. The van der Waals surface area contributed by atoms with E-state index in [1.165, 1.54) is 37.7 Å². The fourth-order valence-electron chi connectivity index (χ4n) is 13.9. The van der Waals surface area contributed by atoms with Gasteiger partial charge in [0.25, 0.3) is 0 Å². The molecule has 6 aliphatic rings. The van der Waals surface area contributed by atoms with E-state index in [1.807, 2.05) is 0 Å². The number of carbonyl (C=O) groups is 3. The highest BCUT2D eigenvalue weighted by atomic mass is 16.5. The molecule has 0 saturated heterocycles. The molecule has 0 bridgehead atoms. The van der Waals surface area contributed by atoms with Crippen LogP contribution in [0.5, 0.6) is 0 Å². The number of nitrogens with one attached hydrogen (secondary N) is 1. The molecule has 0 aromatic rings. The minimum atomic E-state index is -1.15. The molecule has 7 heteroatoms. The number of aliphatic hydroxyl groups excluding tert-OH is 1. The van der Waals surface area contributed by atoms with Crippen molar-refractivity contribution in [1.82, 2.24) is 5.32 Å². The Morgan fingerprint density at radius 1 is 0.882 bits per heavy atom. The third-order valence-electron chi connectivity index (χ3n) is 17.0. The molecule has 0 radical (unpaired) electrons. The zero-order chi connectivity index (χ0) is 37.4. The number of aliphatic carboxylic acids is 1. The minimum absolute atomic E-state index is 0.0264. The lowest BCUT2D eigenvalue weighted by Gasteiger charge is -2.72. The molecule has 5 fully saturated rings. The molecule has 9 atom stereocenters. The number of hydrogen-bond acceptors (Lipinski definition) is 6. The molecule has 0 aromatic carbocycles. The number of carboxylic acid groups (broad SMARTS) is 1. The molecule has 51 heavy (non-hydrogen) atoms. The smallest absolute Gasteiger partial charge is 0.309 e. The number of allylic oxidation sites excluding steroid dienone is 1. The SMILES string of the molecule is CC(C)C1=C2C3CCC4C5(C)CCC(OC(=O)CC(C)(C)C(=O)O)C(C)(C)C5CCC4(C)C3(C)CCC2(C(O)CNCC2CCCCC2)CC1=O. The average molecular weight is 710 g/mol. The van der Waals surface area contributed by atoms with Crippen LogP contribution in [0.3, 0.4) is 0 Å². The summed E-state index contributed by atoms with van der Waals surface area (Å²) in [5.41, 5.74) is 0.747. The Bertz CT molecular complexity index is 1410. The highest BCUT2D eigenvalue weighted by Crippen LogP contribution is 2.77. The van der Waals surface area contributed by atoms with Crippen LogP contribution < -0.4 is 5.32 Å². The molecule has 0 aliphatic heterocycles. The molecular formula is C44H71NO6. The van der Waals surface area contributed by atoms with Crippen LogP contribution in [0.15, 0.2) is 11.1 Å². The van der Waals surface area contributed by atoms with Crippen LogP contribution >= 0.6 is 0 Å². The van der Waals surface area contributed by atoms with Crippen LogP contribution in [0, 0.1) is 62.1 Å². The van der Waals surface area contributed by atoms with Gasteiger partial charge in [-0.1, -0.05) is 73.3 Å². The third-order valence-corrected chi connectivity index (χ3v) is 17.0. The zero-order valence-electron chi connectivity index (χ0n) is 33.6. The molecular weight excluding hydrogens is 638 g/mol. The first-order valence-corrected chi connectivity index (χ1v) is 20.8. The number of carbonyl (C=O) groups excluding carboxylic acids is 2. The summed E-state index contributed by atoms with van der Waals surface area (Å²) in [5, 5.41) is 25.5. The summed E-state index contributed by atoms with van der Waals surface area (Å²) >= 11 is 0. The van der Waals surface area contributed by atoms with E-state index in [0.29, 0.717) is 36.6 Å². The van der Waals surface area contributed by atoms with Crippen LogP contribution in [-0.2, 0) is 19.1 Å². The number of carboxylic acids is 1. The molecule has 5 saturated carbocycles. The lowest BCUT2D eigenvalue weighted by Crippen LogP contribution is -2.66. The van der Waals surface area contributed by atoms with E-state index in [2.05, 4.69) is 53.8 Å². The molecule has 3 N–H and O–H groups in total. The molecule has 6 aliphatic carbocycles. The molecule has 288 valence electrons. The molecule has 0 aromatic heterocycles. The van der Waals surface area contributed by atoms with Crippen LogP contribution in [0.4, 0.5) is 0 Å². The Hall–Kier alpha value is -1.73. The van der Waals surface area contributed by atoms with Gasteiger partial charge < -0.3 is 20.3 Å². The lowest BCUT2D eigenvalue weighted by atomic mass is 9.33. The number of ether oxygens (including phenoxy) is 1. The Labute approximate surface area is 308 Å². The first kappa shape index (κ1) is 39.0. The predicted molar refractivity (Wildman–Crippen MR) is 201 cm³/mol. The number of Topliss-reactive ketones (excluding diaryl/α,β-unsaturated/α-hetero) is 1. The first-order chi connectivity index (χ1) is 23.7. The van der Waals surface area contributed by atoms with Gasteiger partial charge in [-0.05, 0) is 136 Å². The van der Waals surface area contributed by atoms with E-state index < -0.39 is 28.9 Å². The summed E-state index contributed by atoms with van der Waals surface area (Å²) in [6, 6.07) is 0. The minimum Gasteiger partial charge on any atom is -0.481 e. The van der Waals surface area contributed by atoms with Crippen molar-refractivity contribution in [1.29, 1.82) is 0 Å². The van der Waals surface area contributed by atoms with Gasteiger partial charge in [-0.3, -0.25) is 14.4 Å². The number of rotatable bonds is 10. The van der Waals surface area contributed by atoms with Crippen molar-refractivity contribution in [2.45, 2.75) is 171 Å². The van der Waals surface area contributed by atoms with Gasteiger partial charge in [0, 0.05) is 23.8 Å². The topological polar surface area (TPSA) is 113 Å². The quantitative estimate of drug-likeness (QED) is 0.194. The Morgan fingerprint density at radius 3 is 2.22 bits per heavy atom. The second-order valence-electron chi connectivity index (χ2n) is 20.7. The van der Waals surface area contributed by atoms with E-state index in [9.17, 15) is 24.6 Å². The summed E-state index contributed by atoms with van der Waals surface area (Å²) < 4.78 is 6.17. The van der Waals surface area contributed by atoms with Gasteiger partial charge in [0.1, 0.15) is 6.10 Å². The van der Waals surface area contributed by atoms with Gasteiger partial charge >= 0.3 is 11.9 Å². The van der Waals surface area contributed by atoms with Crippen molar-refractivity contribution in [2.75, 3.05) is 13.1 Å². The van der Waals surface area contributed by atoms with Crippen LogP contribution in [0.1, 0.15) is 159 Å². The number of hydrogen-bond donors (Lipinski definition) is 3. The fraction of sp³-hybridized carbons (Fsp3) is 0.886. The summed E-state index contributed by atoms with van der Waals surface area (Å²) in [7, 11) is 0. The summed E-state index contributed by atoms with van der Waals surface area (Å²) in [4.78, 5) is 38.9. The largest absolute Gasteiger partial charge is 0.481 e. The third kappa shape index (κ3) is 6.18. The second-order valence-corrected chi connectivity index (χ2v) is 20.7. The van der Waals surface area contributed by atoms with Crippen LogP contribution in [0.2, 0.25) is 0 Å². The maximum absolute atomic E-state index is 14.0. The Balaban J connectivity index is 1.25.